The number of carbonyl (C=O) groups excluding carboxylic acids is 1. The molecule has 1 aromatic heterocycles. The summed E-state index contributed by atoms with van der Waals surface area (Å²) in [6.07, 6.45) is 6.25. The molecule has 0 spiro atoms. The molecule has 6 heteroatoms. The van der Waals surface area contributed by atoms with Gasteiger partial charge in [0.15, 0.2) is 0 Å². The van der Waals surface area contributed by atoms with Crippen molar-refractivity contribution in [2.75, 3.05) is 33.7 Å². The summed E-state index contributed by atoms with van der Waals surface area (Å²) >= 11 is 0. The molecule has 2 aromatic rings. The molecule has 3 aliphatic rings. The summed E-state index contributed by atoms with van der Waals surface area (Å²) in [6, 6.07) is 5.32. The number of H-pyrrole nitrogens is 1. The summed E-state index contributed by atoms with van der Waals surface area (Å²) in [4.78, 5) is 25.4. The van der Waals surface area contributed by atoms with Crippen LogP contribution >= 0.6 is 0 Å². The highest BCUT2D eigenvalue weighted by Gasteiger charge is 2.40. The molecule has 1 unspecified atom stereocenters. The van der Waals surface area contributed by atoms with Crippen LogP contribution in [0.25, 0.3) is 10.9 Å². The summed E-state index contributed by atoms with van der Waals surface area (Å²) in [6.45, 7) is 11.3. The maximum Gasteiger partial charge on any atom is 0.271 e. The van der Waals surface area contributed by atoms with Crippen LogP contribution in [0.2, 0.25) is 0 Å². The van der Waals surface area contributed by atoms with Gasteiger partial charge in [-0.15, -0.1) is 0 Å². The fourth-order valence-corrected chi connectivity index (χ4v) is 6.03. The highest BCUT2D eigenvalue weighted by Crippen LogP contribution is 2.45. The minimum Gasteiger partial charge on any atom is -0.373 e. The van der Waals surface area contributed by atoms with Gasteiger partial charge in [0.2, 0.25) is 0 Å². The Bertz CT molecular complexity index is 1150. The van der Waals surface area contributed by atoms with Gasteiger partial charge in [-0.3, -0.25) is 4.79 Å². The Hall–Kier alpha value is -2.60. The number of nitrogens with zero attached hydrogens (tertiary/aromatic N) is 3. The first-order chi connectivity index (χ1) is 15.6. The van der Waals surface area contributed by atoms with Crippen molar-refractivity contribution in [2.45, 2.75) is 57.9 Å². The number of aliphatic imine (C=N–C) groups is 1. The second-order valence-electron chi connectivity index (χ2n) is 11.5. The number of likely N-dealkylation sites (N-methyl/N-ethyl adjacent to an activating group) is 1. The van der Waals surface area contributed by atoms with Gasteiger partial charge in [-0.25, -0.2) is 4.99 Å². The van der Waals surface area contributed by atoms with Gasteiger partial charge >= 0.3 is 0 Å². The first-order valence-electron chi connectivity index (χ1n) is 12.2. The topological polar surface area (TPSA) is 63.7 Å². The van der Waals surface area contributed by atoms with Gasteiger partial charge in [0.25, 0.3) is 5.91 Å². The molecule has 3 atom stereocenters. The Morgan fingerprint density at radius 3 is 2.79 bits per heavy atom. The largest absolute Gasteiger partial charge is 0.373 e. The monoisotopic (exact) mass is 447 g/mol. The lowest BCUT2D eigenvalue weighted by molar-refractivity contribution is -0.117. The van der Waals surface area contributed by atoms with E-state index in [2.05, 4.69) is 66.3 Å². The number of likely N-dealkylation sites (tertiary alicyclic amines) is 1. The highest BCUT2D eigenvalue weighted by molar-refractivity contribution is 5.98. The number of amides is 1. The molecule has 6 nitrogen and oxygen atoms in total. The summed E-state index contributed by atoms with van der Waals surface area (Å²) in [7, 11) is 4.23. The Labute approximate surface area is 197 Å². The van der Waals surface area contributed by atoms with Crippen molar-refractivity contribution in [2.24, 2.45) is 10.9 Å². The summed E-state index contributed by atoms with van der Waals surface area (Å²) < 4.78 is 0. The molecule has 2 N–H and O–H groups in total. The standard InChI is InChI=1S/C27H37N5O/c1-16-13-31(5)15-23(30-16)26(33)29-11-17-7-20-21-9-19(27(2,3)4)10-22-25(21)18(12-28-22)8-24(20)32(6)14-17/h9-10,12,15,17,20,24,28H,7-8,11,13-14H2,1-6H3,(H,29,33)/t17-,20?,24+/m0/s1. The smallest absolute Gasteiger partial charge is 0.271 e. The Morgan fingerprint density at radius 2 is 2.06 bits per heavy atom. The molecule has 3 heterocycles. The first kappa shape index (κ1) is 22.2. The van der Waals surface area contributed by atoms with Crippen LogP contribution in [0, 0.1) is 5.92 Å². The number of nitrogens with one attached hydrogen (secondary N) is 2. The minimum absolute atomic E-state index is 0.0700. The van der Waals surface area contributed by atoms with Gasteiger partial charge in [0, 0.05) is 61.1 Å². The highest BCUT2D eigenvalue weighted by atomic mass is 16.2. The second-order valence-corrected chi connectivity index (χ2v) is 11.5. The van der Waals surface area contributed by atoms with Crippen molar-refractivity contribution in [1.82, 2.24) is 20.1 Å². The zero-order valence-electron chi connectivity index (χ0n) is 20.8. The van der Waals surface area contributed by atoms with E-state index < -0.39 is 0 Å². The van der Waals surface area contributed by atoms with E-state index in [0.717, 1.165) is 31.6 Å². The third kappa shape index (κ3) is 4.10. The molecule has 176 valence electrons. The molecule has 33 heavy (non-hydrogen) atoms. The van der Waals surface area contributed by atoms with Crippen LogP contribution in [-0.4, -0.2) is 66.2 Å². The second kappa shape index (κ2) is 8.01. The van der Waals surface area contributed by atoms with E-state index in [4.69, 9.17) is 0 Å². The molecule has 0 radical (unpaired) electrons. The third-order valence-electron chi connectivity index (χ3n) is 7.67. The van der Waals surface area contributed by atoms with Crippen LogP contribution in [0.15, 0.2) is 35.2 Å². The average molecular weight is 448 g/mol. The number of benzene rings is 1. The van der Waals surface area contributed by atoms with E-state index in [-0.39, 0.29) is 11.3 Å². The molecule has 0 saturated carbocycles. The molecule has 1 fully saturated rings. The van der Waals surface area contributed by atoms with E-state index >= 15 is 0 Å². The lowest BCUT2D eigenvalue weighted by atomic mass is 9.71. The van der Waals surface area contributed by atoms with Gasteiger partial charge in [-0.1, -0.05) is 26.8 Å². The zero-order valence-corrected chi connectivity index (χ0v) is 20.8. The fraction of sp³-hybridized carbons (Fsp3) is 0.556. The van der Waals surface area contributed by atoms with E-state index in [1.807, 2.05) is 25.1 Å². The van der Waals surface area contributed by atoms with Crippen molar-refractivity contribution >= 4 is 22.5 Å². The lowest BCUT2D eigenvalue weighted by Gasteiger charge is -2.46. The number of aromatic nitrogens is 1. The minimum atomic E-state index is -0.0700. The number of rotatable bonds is 3. The lowest BCUT2D eigenvalue weighted by Crippen LogP contribution is -2.50. The molecular formula is C27H37N5O. The molecule has 2 aliphatic heterocycles. The predicted octanol–water partition coefficient (Wildman–Crippen LogP) is 3.79. The number of fused-ring (bicyclic) bond motifs is 2. The number of hydrogen-bond acceptors (Lipinski definition) is 4. The summed E-state index contributed by atoms with van der Waals surface area (Å²) in [5, 5.41) is 4.61. The molecule has 1 aliphatic carbocycles. The van der Waals surface area contributed by atoms with E-state index in [9.17, 15) is 4.79 Å². The van der Waals surface area contributed by atoms with Crippen LogP contribution in [-0.2, 0) is 16.6 Å². The molecule has 5 rings (SSSR count). The van der Waals surface area contributed by atoms with Crippen LogP contribution in [0.1, 0.15) is 56.7 Å². The van der Waals surface area contributed by atoms with Crippen molar-refractivity contribution < 1.29 is 4.79 Å². The van der Waals surface area contributed by atoms with Crippen LogP contribution < -0.4 is 5.32 Å². The van der Waals surface area contributed by atoms with Crippen molar-refractivity contribution in [3.8, 4) is 0 Å². The summed E-state index contributed by atoms with van der Waals surface area (Å²) in [5.41, 5.74) is 7.18. The van der Waals surface area contributed by atoms with E-state index in [1.165, 1.54) is 27.6 Å². The molecule has 0 bridgehead atoms. The number of piperidine rings is 1. The first-order valence-corrected chi connectivity index (χ1v) is 12.2. The quantitative estimate of drug-likeness (QED) is 0.753. The van der Waals surface area contributed by atoms with E-state index in [1.54, 1.807) is 0 Å². The Balaban J connectivity index is 1.38. The SMILES string of the molecule is CC1=NC(C(=O)NC[C@@H]2CC3c4cc(C(C)(C)C)cc5[nH]cc(c45)C[C@H]3N(C)C2)=CN(C)C1. The third-order valence-corrected chi connectivity index (χ3v) is 7.67. The normalized spacial score (nSPS) is 25.5. The number of carbonyl (C=O) groups is 1. The predicted molar refractivity (Wildman–Crippen MR) is 135 cm³/mol. The fourth-order valence-electron chi connectivity index (χ4n) is 6.03. The zero-order chi connectivity index (χ0) is 23.5. The van der Waals surface area contributed by atoms with Crippen LogP contribution in [0.4, 0.5) is 0 Å². The van der Waals surface area contributed by atoms with Crippen molar-refractivity contribution in [3.63, 3.8) is 0 Å². The average Bonchev–Trinajstić information content (AvgIpc) is 3.15. The van der Waals surface area contributed by atoms with Gasteiger partial charge in [0.1, 0.15) is 5.70 Å². The maximum absolute atomic E-state index is 12.8. The molecular weight excluding hydrogens is 410 g/mol. The molecule has 1 aromatic carbocycles. The van der Waals surface area contributed by atoms with Gasteiger partial charge < -0.3 is 20.1 Å². The Kier molecular flexibility index (Phi) is 5.39. The van der Waals surface area contributed by atoms with Crippen molar-refractivity contribution in [3.05, 3.63) is 46.9 Å². The van der Waals surface area contributed by atoms with Crippen molar-refractivity contribution in [1.29, 1.82) is 0 Å². The molecule has 1 amide bonds. The van der Waals surface area contributed by atoms with Gasteiger partial charge in [-0.2, -0.15) is 0 Å². The van der Waals surface area contributed by atoms with Gasteiger partial charge in [0.05, 0.1) is 6.54 Å². The maximum atomic E-state index is 12.8. The Morgan fingerprint density at radius 1 is 1.27 bits per heavy atom. The summed E-state index contributed by atoms with van der Waals surface area (Å²) in [5.74, 6) is 0.833. The number of aromatic amines is 1. The van der Waals surface area contributed by atoms with Crippen LogP contribution in [0.3, 0.4) is 0 Å². The van der Waals surface area contributed by atoms with Gasteiger partial charge in [-0.05, 0) is 60.9 Å². The molecule has 1 saturated heterocycles. The van der Waals surface area contributed by atoms with Crippen LogP contribution in [0.5, 0.6) is 0 Å². The van der Waals surface area contributed by atoms with E-state index in [0.29, 0.717) is 30.1 Å². The number of hydrogen-bond donors (Lipinski definition) is 2.